The molecule has 4 heterocycles. The van der Waals surface area contributed by atoms with Crippen LogP contribution in [0.2, 0.25) is 0 Å². The highest BCUT2D eigenvalue weighted by Gasteiger charge is 2.38. The Hall–Kier alpha value is -3.76. The highest BCUT2D eigenvalue weighted by atomic mass is 32.1. The number of benzene rings is 2. The quantitative estimate of drug-likeness (QED) is 0.206. The van der Waals surface area contributed by atoms with Gasteiger partial charge in [-0.05, 0) is 67.9 Å². The lowest BCUT2D eigenvalue weighted by atomic mass is 9.79. The molecule has 4 aromatic rings. The number of carbonyl (C=O) groups is 1. The van der Waals surface area contributed by atoms with Gasteiger partial charge in [0.2, 0.25) is 0 Å². The molecule has 0 spiro atoms. The van der Waals surface area contributed by atoms with E-state index in [1.54, 1.807) is 4.90 Å². The molecule has 0 radical (unpaired) electrons. The van der Waals surface area contributed by atoms with Crippen LogP contribution in [0, 0.1) is 5.41 Å². The maximum Gasteiger partial charge on any atom is 0.407 e. The fourth-order valence-corrected chi connectivity index (χ4v) is 7.14. The van der Waals surface area contributed by atoms with Crippen molar-refractivity contribution in [2.24, 2.45) is 5.41 Å². The van der Waals surface area contributed by atoms with Gasteiger partial charge in [-0.15, -0.1) is 11.3 Å². The molecular formula is C33H41N7O2S. The first-order valence-electron chi connectivity index (χ1n) is 15.2. The molecule has 3 N–H and O–H groups in total. The van der Waals surface area contributed by atoms with Crippen LogP contribution in [0.5, 0.6) is 0 Å². The second kappa shape index (κ2) is 12.1. The summed E-state index contributed by atoms with van der Waals surface area (Å²) >= 11 is 1.51. The third-order valence-corrected chi connectivity index (χ3v) is 9.54. The van der Waals surface area contributed by atoms with E-state index in [1.807, 2.05) is 17.6 Å². The molecule has 10 heteroatoms. The molecule has 226 valence electrons. The molecule has 0 bridgehead atoms. The summed E-state index contributed by atoms with van der Waals surface area (Å²) in [5, 5.41) is 16.9. The van der Waals surface area contributed by atoms with Gasteiger partial charge in [-0.1, -0.05) is 45.0 Å². The molecule has 0 saturated carbocycles. The Balaban J connectivity index is 1.19. The van der Waals surface area contributed by atoms with Crippen molar-refractivity contribution in [1.29, 1.82) is 0 Å². The number of aromatic nitrogens is 3. The lowest BCUT2D eigenvalue weighted by molar-refractivity contribution is 0.0481. The zero-order chi connectivity index (χ0) is 30.1. The van der Waals surface area contributed by atoms with Gasteiger partial charge in [0.15, 0.2) is 11.6 Å². The Morgan fingerprint density at radius 2 is 1.93 bits per heavy atom. The van der Waals surface area contributed by atoms with Gasteiger partial charge in [-0.25, -0.2) is 19.7 Å². The van der Waals surface area contributed by atoms with Gasteiger partial charge in [0, 0.05) is 54.7 Å². The van der Waals surface area contributed by atoms with Crippen molar-refractivity contribution >= 4 is 45.0 Å². The molecule has 2 saturated heterocycles. The largest absolute Gasteiger partial charge is 0.465 e. The SMILES string of the molecule is CC1CCCN1c1cccc(Nc2nc(-c3cccc(CNC4CCN(C(=O)O)C(C(C)(C)C)C4)c3)nc3scnc23)c1. The third-order valence-electron chi connectivity index (χ3n) is 8.82. The Kier molecular flexibility index (Phi) is 8.24. The van der Waals surface area contributed by atoms with Crippen molar-refractivity contribution in [1.82, 2.24) is 25.2 Å². The van der Waals surface area contributed by atoms with Crippen LogP contribution in [0.1, 0.15) is 58.9 Å². The van der Waals surface area contributed by atoms with Crippen LogP contribution in [0.25, 0.3) is 21.7 Å². The van der Waals surface area contributed by atoms with Crippen molar-refractivity contribution in [3.05, 3.63) is 59.6 Å². The summed E-state index contributed by atoms with van der Waals surface area (Å²) in [6, 6.07) is 17.7. The number of anilines is 3. The average Bonchev–Trinajstić information content (AvgIpc) is 3.65. The molecule has 2 aromatic heterocycles. The van der Waals surface area contributed by atoms with E-state index in [0.717, 1.165) is 46.5 Å². The molecule has 6 rings (SSSR count). The lowest BCUT2D eigenvalue weighted by Gasteiger charge is -2.44. The highest BCUT2D eigenvalue weighted by Crippen LogP contribution is 2.34. The van der Waals surface area contributed by atoms with Gasteiger partial charge in [0.1, 0.15) is 10.3 Å². The second-order valence-electron chi connectivity index (χ2n) is 12.9. The fraction of sp³-hybridized carbons (Fsp3) is 0.455. The number of rotatable bonds is 7. The van der Waals surface area contributed by atoms with Crippen LogP contribution >= 0.6 is 11.3 Å². The van der Waals surface area contributed by atoms with E-state index in [2.05, 4.69) is 84.6 Å². The molecule has 2 aromatic carbocycles. The smallest absolute Gasteiger partial charge is 0.407 e. The summed E-state index contributed by atoms with van der Waals surface area (Å²) in [5.74, 6) is 1.36. The van der Waals surface area contributed by atoms with E-state index < -0.39 is 6.09 Å². The summed E-state index contributed by atoms with van der Waals surface area (Å²) in [7, 11) is 0. The molecule has 3 atom stereocenters. The highest BCUT2D eigenvalue weighted by molar-refractivity contribution is 7.16. The maximum absolute atomic E-state index is 11.8. The number of likely N-dealkylation sites (tertiary alicyclic amines) is 1. The number of nitrogens with zero attached hydrogens (tertiary/aromatic N) is 5. The first-order chi connectivity index (χ1) is 20.7. The monoisotopic (exact) mass is 599 g/mol. The number of hydrogen-bond acceptors (Lipinski definition) is 8. The zero-order valence-electron chi connectivity index (χ0n) is 25.4. The summed E-state index contributed by atoms with van der Waals surface area (Å²) in [6.45, 7) is 11.0. The van der Waals surface area contributed by atoms with Crippen LogP contribution in [-0.2, 0) is 6.54 Å². The van der Waals surface area contributed by atoms with Crippen LogP contribution < -0.4 is 15.5 Å². The first kappa shape index (κ1) is 29.3. The van der Waals surface area contributed by atoms with Gasteiger partial charge >= 0.3 is 6.09 Å². The van der Waals surface area contributed by atoms with Crippen molar-refractivity contribution < 1.29 is 9.90 Å². The van der Waals surface area contributed by atoms with E-state index in [-0.39, 0.29) is 17.5 Å². The Labute approximate surface area is 257 Å². The molecule has 2 fully saturated rings. The maximum atomic E-state index is 11.8. The number of carboxylic acid groups (broad SMARTS) is 1. The Morgan fingerprint density at radius 3 is 2.70 bits per heavy atom. The van der Waals surface area contributed by atoms with Gasteiger partial charge < -0.3 is 25.5 Å². The zero-order valence-corrected chi connectivity index (χ0v) is 26.2. The van der Waals surface area contributed by atoms with Crippen molar-refractivity contribution in [2.45, 2.75) is 78.0 Å². The third kappa shape index (κ3) is 6.45. The van der Waals surface area contributed by atoms with Gasteiger partial charge in [0.05, 0.1) is 5.51 Å². The van der Waals surface area contributed by atoms with Crippen LogP contribution in [0.4, 0.5) is 22.0 Å². The van der Waals surface area contributed by atoms with Gasteiger partial charge in [-0.3, -0.25) is 0 Å². The standard InChI is InChI=1S/C33H41N7O2S/c1-21-8-7-14-39(21)26-12-6-11-25(17-26)36-30-28-31(43-20-35-28)38-29(37-30)23-10-5-9-22(16-23)19-34-24-13-15-40(32(41)42)27(18-24)33(2,3)4/h5-6,9-12,16-17,20-21,24,27,34H,7-8,13-15,18-19H2,1-4H3,(H,41,42)(H,36,37,38). The normalized spacial score (nSPS) is 21.0. The molecule has 2 aliphatic heterocycles. The number of piperidine rings is 1. The molecule has 3 unspecified atom stereocenters. The summed E-state index contributed by atoms with van der Waals surface area (Å²) in [6.07, 6.45) is 3.22. The van der Waals surface area contributed by atoms with Crippen LogP contribution in [0.3, 0.4) is 0 Å². The molecule has 0 aliphatic carbocycles. The molecule has 2 aliphatic rings. The van der Waals surface area contributed by atoms with Crippen molar-refractivity contribution in [2.75, 3.05) is 23.3 Å². The van der Waals surface area contributed by atoms with Crippen LogP contribution in [0.15, 0.2) is 54.0 Å². The number of nitrogens with one attached hydrogen (secondary N) is 2. The second-order valence-corrected chi connectivity index (χ2v) is 13.8. The summed E-state index contributed by atoms with van der Waals surface area (Å²) in [4.78, 5) is 31.1. The number of thiazole rings is 1. The predicted molar refractivity (Wildman–Crippen MR) is 174 cm³/mol. The number of amides is 1. The van der Waals surface area contributed by atoms with E-state index in [1.165, 1.54) is 29.9 Å². The minimum absolute atomic E-state index is 0.0208. The lowest BCUT2D eigenvalue weighted by Crippen LogP contribution is -2.55. The van der Waals surface area contributed by atoms with E-state index in [9.17, 15) is 9.90 Å². The average molecular weight is 600 g/mol. The molecule has 43 heavy (non-hydrogen) atoms. The van der Waals surface area contributed by atoms with E-state index in [4.69, 9.17) is 9.97 Å². The molecular weight excluding hydrogens is 558 g/mol. The van der Waals surface area contributed by atoms with Crippen LogP contribution in [-0.4, -0.2) is 62.3 Å². The van der Waals surface area contributed by atoms with E-state index >= 15 is 0 Å². The van der Waals surface area contributed by atoms with E-state index in [0.29, 0.717) is 30.8 Å². The van der Waals surface area contributed by atoms with Crippen molar-refractivity contribution in [3.63, 3.8) is 0 Å². The topological polar surface area (TPSA) is 107 Å². The Morgan fingerprint density at radius 1 is 1.09 bits per heavy atom. The first-order valence-corrected chi connectivity index (χ1v) is 16.1. The summed E-state index contributed by atoms with van der Waals surface area (Å²) < 4.78 is 0. The minimum Gasteiger partial charge on any atom is -0.465 e. The number of fused-ring (bicyclic) bond motifs is 1. The molecule has 9 nitrogen and oxygen atoms in total. The predicted octanol–water partition coefficient (Wildman–Crippen LogP) is 7.13. The van der Waals surface area contributed by atoms with Crippen molar-refractivity contribution in [3.8, 4) is 11.4 Å². The van der Waals surface area contributed by atoms with Gasteiger partial charge in [0.25, 0.3) is 0 Å². The summed E-state index contributed by atoms with van der Waals surface area (Å²) in [5.41, 5.74) is 6.76. The number of hydrogen-bond donors (Lipinski definition) is 3. The fourth-order valence-electron chi connectivity index (χ4n) is 6.48. The minimum atomic E-state index is -0.827. The molecule has 1 amide bonds. The van der Waals surface area contributed by atoms with Gasteiger partial charge in [-0.2, -0.15) is 0 Å². The Bertz CT molecular complexity index is 1600.